The summed E-state index contributed by atoms with van der Waals surface area (Å²) >= 11 is 0. The molecule has 22 heavy (non-hydrogen) atoms. The van der Waals surface area contributed by atoms with Gasteiger partial charge in [-0.25, -0.2) is 0 Å². The van der Waals surface area contributed by atoms with Crippen molar-refractivity contribution in [1.82, 2.24) is 10.2 Å². The van der Waals surface area contributed by atoms with E-state index in [1.54, 1.807) is 0 Å². The molecule has 1 saturated heterocycles. The third-order valence-corrected chi connectivity index (χ3v) is 4.01. The van der Waals surface area contributed by atoms with Crippen LogP contribution in [0.4, 0.5) is 5.69 Å². The van der Waals surface area contributed by atoms with Gasteiger partial charge in [0.2, 0.25) is 5.91 Å². The summed E-state index contributed by atoms with van der Waals surface area (Å²) in [5.74, 6) is 0.854. The minimum Gasteiger partial charge on any atom is -0.494 e. The maximum Gasteiger partial charge on any atom is 0.238 e. The fourth-order valence-corrected chi connectivity index (χ4v) is 2.80. The second-order valence-corrected chi connectivity index (χ2v) is 5.76. The number of likely N-dealkylation sites (N-methyl/N-ethyl adjacent to an activating group) is 1. The Hall–Kier alpha value is -1.59. The van der Waals surface area contributed by atoms with E-state index < -0.39 is 0 Å². The molecule has 1 unspecified atom stereocenters. The highest BCUT2D eigenvalue weighted by atomic mass is 16.5. The van der Waals surface area contributed by atoms with Gasteiger partial charge in [0.05, 0.1) is 13.2 Å². The number of hydrogen-bond acceptors (Lipinski definition) is 4. The smallest absolute Gasteiger partial charge is 0.238 e. The molecule has 122 valence electrons. The zero-order valence-electron chi connectivity index (χ0n) is 13.6. The van der Waals surface area contributed by atoms with Crippen LogP contribution < -0.4 is 15.4 Å². The van der Waals surface area contributed by atoms with Crippen LogP contribution in [-0.4, -0.2) is 50.1 Å². The van der Waals surface area contributed by atoms with E-state index in [-0.39, 0.29) is 5.91 Å². The van der Waals surface area contributed by atoms with Gasteiger partial charge in [-0.3, -0.25) is 9.69 Å². The van der Waals surface area contributed by atoms with Crippen LogP contribution in [0, 0.1) is 0 Å². The Morgan fingerprint density at radius 2 is 2.09 bits per heavy atom. The van der Waals surface area contributed by atoms with E-state index in [9.17, 15) is 4.79 Å². The maximum atomic E-state index is 12.2. The highest BCUT2D eigenvalue weighted by Crippen LogP contribution is 2.16. The van der Waals surface area contributed by atoms with E-state index in [1.165, 1.54) is 6.42 Å². The molecule has 2 rings (SSSR count). The van der Waals surface area contributed by atoms with Crippen LogP contribution in [0.25, 0.3) is 0 Å². The molecule has 0 aromatic heterocycles. The summed E-state index contributed by atoms with van der Waals surface area (Å²) in [4.78, 5) is 14.3. The molecule has 1 heterocycles. The number of ether oxygens (including phenoxy) is 1. The average molecular weight is 305 g/mol. The van der Waals surface area contributed by atoms with Gasteiger partial charge in [-0.2, -0.15) is 0 Å². The van der Waals surface area contributed by atoms with Gasteiger partial charge in [0, 0.05) is 11.7 Å². The van der Waals surface area contributed by atoms with E-state index in [4.69, 9.17) is 4.74 Å². The third kappa shape index (κ3) is 5.31. The van der Waals surface area contributed by atoms with Gasteiger partial charge in [0.25, 0.3) is 0 Å². The fourth-order valence-electron chi connectivity index (χ4n) is 2.80. The number of nitrogens with one attached hydrogen (secondary N) is 2. The Balaban J connectivity index is 1.81. The number of amides is 1. The van der Waals surface area contributed by atoms with E-state index >= 15 is 0 Å². The number of hydrogen-bond donors (Lipinski definition) is 2. The maximum absolute atomic E-state index is 12.2. The molecule has 0 saturated carbocycles. The third-order valence-electron chi connectivity index (χ3n) is 4.01. The van der Waals surface area contributed by atoms with Gasteiger partial charge in [0.1, 0.15) is 5.75 Å². The van der Waals surface area contributed by atoms with Crippen molar-refractivity contribution >= 4 is 11.6 Å². The van der Waals surface area contributed by atoms with Crippen molar-refractivity contribution in [3.8, 4) is 5.75 Å². The zero-order chi connectivity index (χ0) is 15.8. The quantitative estimate of drug-likeness (QED) is 0.845. The Bertz CT molecular complexity index is 453. The highest BCUT2D eigenvalue weighted by molar-refractivity contribution is 5.92. The van der Waals surface area contributed by atoms with Crippen LogP contribution in [-0.2, 0) is 4.79 Å². The van der Waals surface area contributed by atoms with E-state index in [2.05, 4.69) is 15.5 Å². The van der Waals surface area contributed by atoms with Crippen molar-refractivity contribution in [2.24, 2.45) is 0 Å². The molecule has 2 N–H and O–H groups in total. The average Bonchev–Trinajstić information content (AvgIpc) is 2.78. The minimum absolute atomic E-state index is 0.0314. The zero-order valence-corrected chi connectivity index (χ0v) is 13.6. The molecular formula is C17H27N3O2. The Kier molecular flexibility index (Phi) is 6.68. The second kappa shape index (κ2) is 8.76. The minimum atomic E-state index is 0.0314. The molecular weight excluding hydrogens is 278 g/mol. The molecule has 1 fully saturated rings. The standard InChI is InChI=1S/C17H27N3O2/c1-3-22-16-8-6-14(7-9-16)19-17(21)13-20(2)15-5-4-11-18-12-10-15/h6-9,15,18H,3-5,10-13H2,1-2H3,(H,19,21). The number of rotatable bonds is 6. The van der Waals surface area contributed by atoms with Crippen molar-refractivity contribution in [2.75, 3.05) is 38.6 Å². The summed E-state index contributed by atoms with van der Waals surface area (Å²) in [5.41, 5.74) is 0.810. The van der Waals surface area contributed by atoms with Crippen molar-refractivity contribution < 1.29 is 9.53 Å². The number of carbonyl (C=O) groups is 1. The largest absolute Gasteiger partial charge is 0.494 e. The lowest BCUT2D eigenvalue weighted by Gasteiger charge is -2.26. The molecule has 0 aliphatic carbocycles. The normalized spacial score (nSPS) is 18.8. The number of nitrogens with zero attached hydrogens (tertiary/aromatic N) is 1. The highest BCUT2D eigenvalue weighted by Gasteiger charge is 2.18. The monoisotopic (exact) mass is 305 g/mol. The second-order valence-electron chi connectivity index (χ2n) is 5.76. The summed E-state index contributed by atoms with van der Waals surface area (Å²) in [7, 11) is 2.04. The summed E-state index contributed by atoms with van der Waals surface area (Å²) in [6, 6.07) is 7.98. The molecule has 0 spiro atoms. The molecule has 0 bridgehead atoms. The van der Waals surface area contributed by atoms with Gasteiger partial charge in [-0.15, -0.1) is 0 Å². The van der Waals surface area contributed by atoms with Gasteiger partial charge >= 0.3 is 0 Å². The first-order valence-electron chi connectivity index (χ1n) is 8.12. The summed E-state index contributed by atoms with van der Waals surface area (Å²) in [6.07, 6.45) is 3.43. The lowest BCUT2D eigenvalue weighted by atomic mass is 10.1. The van der Waals surface area contributed by atoms with Crippen LogP contribution >= 0.6 is 0 Å². The Labute approximate surface area is 133 Å². The molecule has 5 nitrogen and oxygen atoms in total. The van der Waals surface area contributed by atoms with Crippen LogP contribution in [0.1, 0.15) is 26.2 Å². The first kappa shape index (κ1) is 16.8. The number of anilines is 1. The fraction of sp³-hybridized carbons (Fsp3) is 0.588. The number of benzene rings is 1. The molecule has 1 aromatic rings. The summed E-state index contributed by atoms with van der Waals surface area (Å²) in [5, 5.41) is 6.35. The van der Waals surface area contributed by atoms with Crippen LogP contribution in [0.3, 0.4) is 0 Å². The lowest BCUT2D eigenvalue weighted by molar-refractivity contribution is -0.117. The van der Waals surface area contributed by atoms with Crippen molar-refractivity contribution in [3.05, 3.63) is 24.3 Å². The Morgan fingerprint density at radius 1 is 1.32 bits per heavy atom. The first-order valence-corrected chi connectivity index (χ1v) is 8.12. The van der Waals surface area contributed by atoms with Crippen LogP contribution in [0.15, 0.2) is 24.3 Å². The first-order chi connectivity index (χ1) is 10.7. The predicted octanol–water partition coefficient (Wildman–Crippen LogP) is 2.10. The van der Waals surface area contributed by atoms with Gasteiger partial charge < -0.3 is 15.4 Å². The summed E-state index contributed by atoms with van der Waals surface area (Å²) < 4.78 is 5.39. The molecule has 1 aromatic carbocycles. The molecule has 1 atom stereocenters. The van der Waals surface area contributed by atoms with E-state index in [0.29, 0.717) is 19.2 Å². The topological polar surface area (TPSA) is 53.6 Å². The molecule has 1 aliphatic heterocycles. The van der Waals surface area contributed by atoms with Crippen LogP contribution in [0.5, 0.6) is 5.75 Å². The molecule has 5 heteroatoms. The van der Waals surface area contributed by atoms with Gasteiger partial charge in [0.15, 0.2) is 0 Å². The van der Waals surface area contributed by atoms with Gasteiger partial charge in [-0.1, -0.05) is 0 Å². The van der Waals surface area contributed by atoms with E-state index in [1.807, 2.05) is 38.2 Å². The van der Waals surface area contributed by atoms with Crippen LogP contribution in [0.2, 0.25) is 0 Å². The summed E-state index contributed by atoms with van der Waals surface area (Å²) in [6.45, 7) is 5.15. The van der Waals surface area contributed by atoms with Crippen molar-refractivity contribution in [3.63, 3.8) is 0 Å². The predicted molar refractivity (Wildman–Crippen MR) is 89.4 cm³/mol. The Morgan fingerprint density at radius 3 is 2.82 bits per heavy atom. The molecule has 0 radical (unpaired) electrons. The number of carbonyl (C=O) groups excluding carboxylic acids is 1. The molecule has 1 amide bonds. The molecule has 1 aliphatic rings. The van der Waals surface area contributed by atoms with Crippen molar-refractivity contribution in [2.45, 2.75) is 32.2 Å². The lowest BCUT2D eigenvalue weighted by Crippen LogP contribution is -2.38. The SMILES string of the molecule is CCOc1ccc(NC(=O)CN(C)C2CCCNCC2)cc1. The van der Waals surface area contributed by atoms with Gasteiger partial charge in [-0.05, 0) is 70.6 Å². The van der Waals surface area contributed by atoms with Crippen molar-refractivity contribution in [1.29, 1.82) is 0 Å². The van der Waals surface area contributed by atoms with E-state index in [0.717, 1.165) is 37.4 Å².